The van der Waals surface area contributed by atoms with Gasteiger partial charge in [0.2, 0.25) is 11.8 Å². The summed E-state index contributed by atoms with van der Waals surface area (Å²) in [6, 6.07) is 18.9. The van der Waals surface area contributed by atoms with Crippen LogP contribution in [0.3, 0.4) is 0 Å². The Bertz CT molecular complexity index is 1360. The predicted octanol–water partition coefficient (Wildman–Crippen LogP) is 4.61. The van der Waals surface area contributed by atoms with E-state index in [0.29, 0.717) is 24.3 Å². The number of anilines is 1. The number of ether oxygens (including phenoxy) is 1. The summed E-state index contributed by atoms with van der Waals surface area (Å²) in [4.78, 5) is 28.6. The second-order valence-electron chi connectivity index (χ2n) is 9.73. The number of nitrogens with zero attached hydrogens (tertiary/aromatic N) is 2. The highest BCUT2D eigenvalue weighted by Crippen LogP contribution is 2.26. The molecule has 0 spiro atoms. The molecule has 0 aliphatic rings. The molecule has 0 saturated carbocycles. The first-order valence-corrected chi connectivity index (χ1v) is 14.5. The van der Waals surface area contributed by atoms with E-state index < -0.39 is 34.3 Å². The van der Waals surface area contributed by atoms with Crippen LogP contribution in [-0.2, 0) is 26.2 Å². The van der Waals surface area contributed by atoms with Crippen molar-refractivity contribution in [3.63, 3.8) is 0 Å². The van der Waals surface area contributed by atoms with Gasteiger partial charge < -0.3 is 15.0 Å². The molecule has 0 fully saturated rings. The van der Waals surface area contributed by atoms with Crippen LogP contribution in [0.25, 0.3) is 0 Å². The van der Waals surface area contributed by atoms with E-state index in [1.807, 2.05) is 13.8 Å². The second kappa shape index (κ2) is 13.9. The largest absolute Gasteiger partial charge is 0.497 e. The fourth-order valence-corrected chi connectivity index (χ4v) is 5.56. The van der Waals surface area contributed by atoms with Crippen molar-refractivity contribution in [2.75, 3.05) is 24.5 Å². The fourth-order valence-electron chi connectivity index (χ4n) is 4.13. The Morgan fingerprint density at radius 1 is 0.950 bits per heavy atom. The van der Waals surface area contributed by atoms with Gasteiger partial charge in [-0.2, -0.15) is 0 Å². The van der Waals surface area contributed by atoms with E-state index in [9.17, 15) is 22.4 Å². The third-order valence-electron chi connectivity index (χ3n) is 6.31. The number of hydrogen-bond acceptors (Lipinski definition) is 5. The number of carbonyl (C=O) groups is 2. The molecule has 0 saturated heterocycles. The number of halogens is 1. The molecule has 0 aliphatic heterocycles. The maximum Gasteiger partial charge on any atom is 0.264 e. The van der Waals surface area contributed by atoms with E-state index in [-0.39, 0.29) is 29.0 Å². The number of methoxy groups -OCH3 is 1. The van der Waals surface area contributed by atoms with Gasteiger partial charge in [0.25, 0.3) is 10.0 Å². The Labute approximate surface area is 235 Å². The Hall–Kier alpha value is -3.92. The Morgan fingerprint density at radius 3 is 2.12 bits per heavy atom. The smallest absolute Gasteiger partial charge is 0.264 e. The summed E-state index contributed by atoms with van der Waals surface area (Å²) in [5.74, 6) is -0.620. The van der Waals surface area contributed by atoms with Crippen LogP contribution in [0.15, 0.2) is 83.8 Å². The Balaban J connectivity index is 2.03. The van der Waals surface area contributed by atoms with Crippen LogP contribution in [0.1, 0.15) is 32.8 Å². The highest BCUT2D eigenvalue weighted by atomic mass is 32.2. The van der Waals surface area contributed by atoms with E-state index in [1.54, 1.807) is 49.4 Å². The quantitative estimate of drug-likeness (QED) is 0.324. The molecule has 10 heteroatoms. The van der Waals surface area contributed by atoms with Crippen molar-refractivity contribution in [2.45, 2.75) is 44.7 Å². The SMILES string of the molecule is CC[C@H](C(=O)NCC(C)C)N(Cc1ccc(F)cc1)C(=O)CN(c1ccc(OC)cc1)S(=O)(=O)c1ccccc1. The van der Waals surface area contributed by atoms with Gasteiger partial charge in [-0.05, 0) is 66.4 Å². The van der Waals surface area contributed by atoms with Crippen molar-refractivity contribution in [1.82, 2.24) is 10.2 Å². The molecule has 2 amide bonds. The summed E-state index contributed by atoms with van der Waals surface area (Å²) in [6.07, 6.45) is 0.296. The molecule has 0 heterocycles. The third-order valence-corrected chi connectivity index (χ3v) is 8.10. The van der Waals surface area contributed by atoms with Gasteiger partial charge in [-0.1, -0.05) is 51.1 Å². The van der Waals surface area contributed by atoms with Gasteiger partial charge >= 0.3 is 0 Å². The molecule has 214 valence electrons. The van der Waals surface area contributed by atoms with Gasteiger partial charge in [-0.15, -0.1) is 0 Å². The summed E-state index contributed by atoms with van der Waals surface area (Å²) < 4.78 is 47.4. The fraction of sp³-hybridized carbons (Fsp3) is 0.333. The van der Waals surface area contributed by atoms with Crippen LogP contribution in [0.4, 0.5) is 10.1 Å². The number of rotatable bonds is 13. The second-order valence-corrected chi connectivity index (χ2v) is 11.6. The lowest BCUT2D eigenvalue weighted by molar-refractivity contribution is -0.140. The molecule has 0 unspecified atom stereocenters. The predicted molar refractivity (Wildman–Crippen MR) is 153 cm³/mol. The topological polar surface area (TPSA) is 96.0 Å². The normalized spacial score (nSPS) is 12.1. The van der Waals surface area contributed by atoms with Crippen molar-refractivity contribution in [3.05, 3.63) is 90.2 Å². The highest BCUT2D eigenvalue weighted by Gasteiger charge is 2.33. The molecular weight excluding hydrogens is 533 g/mol. The van der Waals surface area contributed by atoms with E-state index in [1.165, 1.54) is 48.4 Å². The van der Waals surface area contributed by atoms with Crippen LogP contribution in [0, 0.1) is 11.7 Å². The van der Waals surface area contributed by atoms with E-state index in [2.05, 4.69) is 5.32 Å². The molecule has 0 radical (unpaired) electrons. The first-order valence-electron chi connectivity index (χ1n) is 13.1. The number of benzene rings is 3. The van der Waals surface area contributed by atoms with Crippen LogP contribution >= 0.6 is 0 Å². The molecule has 3 rings (SSSR count). The first-order chi connectivity index (χ1) is 19.1. The van der Waals surface area contributed by atoms with Gasteiger partial charge in [-0.25, -0.2) is 12.8 Å². The molecule has 0 bridgehead atoms. The van der Waals surface area contributed by atoms with E-state index in [0.717, 1.165) is 4.31 Å². The first kappa shape index (κ1) is 30.6. The number of sulfonamides is 1. The van der Waals surface area contributed by atoms with Gasteiger partial charge in [0.05, 0.1) is 17.7 Å². The molecule has 3 aromatic rings. The van der Waals surface area contributed by atoms with Gasteiger partial charge in [0.15, 0.2) is 0 Å². The lowest BCUT2D eigenvalue weighted by atomic mass is 10.1. The lowest BCUT2D eigenvalue weighted by Crippen LogP contribution is -2.52. The molecule has 1 atom stereocenters. The zero-order valence-corrected chi connectivity index (χ0v) is 24.0. The maximum absolute atomic E-state index is 14.0. The number of carbonyl (C=O) groups excluding carboxylic acids is 2. The molecule has 1 N–H and O–H groups in total. The highest BCUT2D eigenvalue weighted by molar-refractivity contribution is 7.92. The molecular formula is C30H36FN3O5S. The van der Waals surface area contributed by atoms with Crippen LogP contribution in [-0.4, -0.2) is 51.4 Å². The monoisotopic (exact) mass is 569 g/mol. The summed E-state index contributed by atoms with van der Waals surface area (Å²) in [7, 11) is -2.66. The third kappa shape index (κ3) is 7.81. The summed E-state index contributed by atoms with van der Waals surface area (Å²) in [5.41, 5.74) is 0.865. The zero-order valence-electron chi connectivity index (χ0n) is 23.2. The number of nitrogens with one attached hydrogen (secondary N) is 1. The van der Waals surface area contributed by atoms with Crippen LogP contribution in [0.5, 0.6) is 5.75 Å². The van der Waals surface area contributed by atoms with Gasteiger partial charge in [0.1, 0.15) is 24.2 Å². The summed E-state index contributed by atoms with van der Waals surface area (Å²) in [6.45, 7) is 5.57. The molecule has 0 aromatic heterocycles. The zero-order chi connectivity index (χ0) is 29.3. The average molecular weight is 570 g/mol. The number of amides is 2. The van der Waals surface area contributed by atoms with Crippen LogP contribution < -0.4 is 14.4 Å². The summed E-state index contributed by atoms with van der Waals surface area (Å²) in [5, 5.41) is 2.88. The number of hydrogen-bond donors (Lipinski definition) is 1. The maximum atomic E-state index is 14.0. The standard InChI is InChI=1S/C30H36FN3O5S/c1-5-28(30(36)32-19-22(2)3)33(20-23-11-13-24(31)14-12-23)29(35)21-34(25-15-17-26(39-4)18-16-25)40(37,38)27-9-7-6-8-10-27/h6-18,22,28H,5,19-21H2,1-4H3,(H,32,36)/t28-/m1/s1. The lowest BCUT2D eigenvalue weighted by Gasteiger charge is -2.33. The van der Waals surface area contributed by atoms with Gasteiger partial charge in [-0.3, -0.25) is 13.9 Å². The molecule has 40 heavy (non-hydrogen) atoms. The van der Waals surface area contributed by atoms with Crippen molar-refractivity contribution in [3.8, 4) is 5.75 Å². The van der Waals surface area contributed by atoms with Crippen LogP contribution in [0.2, 0.25) is 0 Å². The van der Waals surface area contributed by atoms with Crippen molar-refractivity contribution >= 4 is 27.5 Å². The minimum atomic E-state index is -4.16. The Kier molecular flexibility index (Phi) is 10.7. The average Bonchev–Trinajstić information content (AvgIpc) is 2.96. The molecule has 0 aliphatic carbocycles. The van der Waals surface area contributed by atoms with E-state index >= 15 is 0 Å². The van der Waals surface area contributed by atoms with Crippen molar-refractivity contribution in [1.29, 1.82) is 0 Å². The van der Waals surface area contributed by atoms with Crippen molar-refractivity contribution in [2.24, 2.45) is 5.92 Å². The minimum Gasteiger partial charge on any atom is -0.497 e. The summed E-state index contributed by atoms with van der Waals surface area (Å²) >= 11 is 0. The molecule has 8 nitrogen and oxygen atoms in total. The molecule has 3 aromatic carbocycles. The van der Waals surface area contributed by atoms with Gasteiger partial charge in [0, 0.05) is 13.1 Å². The Morgan fingerprint density at radius 2 is 1.57 bits per heavy atom. The van der Waals surface area contributed by atoms with Crippen molar-refractivity contribution < 1.29 is 27.1 Å². The van der Waals surface area contributed by atoms with E-state index in [4.69, 9.17) is 4.74 Å². The minimum absolute atomic E-state index is 0.00540.